The van der Waals surface area contributed by atoms with Crippen molar-refractivity contribution in [2.75, 3.05) is 10.7 Å². The Hall–Kier alpha value is -2.16. The third kappa shape index (κ3) is 2.87. The number of nitrogens with one attached hydrogen (secondary N) is 2. The number of thiophene rings is 1. The number of nitro benzene ring substituents is 1. The Kier molecular flexibility index (Phi) is 4.18. The van der Waals surface area contributed by atoms with Gasteiger partial charge in [-0.25, -0.2) is 0 Å². The van der Waals surface area contributed by atoms with Crippen LogP contribution in [-0.2, 0) is 0 Å². The fourth-order valence-electron chi connectivity index (χ4n) is 1.55. The van der Waals surface area contributed by atoms with Gasteiger partial charge >= 0.3 is 0 Å². The smallest absolute Gasteiger partial charge is 0.295 e. The minimum atomic E-state index is -0.664. The van der Waals surface area contributed by atoms with Crippen LogP contribution >= 0.6 is 22.9 Å². The number of benzene rings is 1. The number of nitrogens with two attached hydrogens (primary N) is 1. The van der Waals surface area contributed by atoms with Crippen molar-refractivity contribution in [3.63, 3.8) is 0 Å². The molecule has 1 heterocycles. The van der Waals surface area contributed by atoms with Gasteiger partial charge in [0.15, 0.2) is 0 Å². The number of amides is 1. The predicted octanol–water partition coefficient (Wildman–Crippen LogP) is 2.85. The summed E-state index contributed by atoms with van der Waals surface area (Å²) in [5, 5.41) is 17.1. The summed E-state index contributed by atoms with van der Waals surface area (Å²) in [6.45, 7) is 0. The van der Waals surface area contributed by atoms with Crippen molar-refractivity contribution >= 4 is 45.9 Å². The molecule has 20 heavy (non-hydrogen) atoms. The fraction of sp³-hybridized carbons (Fsp3) is 0. The normalized spacial score (nSPS) is 10.1. The van der Waals surface area contributed by atoms with Crippen molar-refractivity contribution < 1.29 is 9.72 Å². The summed E-state index contributed by atoms with van der Waals surface area (Å²) in [5.41, 5.74) is 2.44. The summed E-state index contributed by atoms with van der Waals surface area (Å²) in [7, 11) is 0. The first-order chi connectivity index (χ1) is 9.52. The van der Waals surface area contributed by atoms with E-state index in [9.17, 15) is 14.9 Å². The first-order valence-electron chi connectivity index (χ1n) is 5.31. The Morgan fingerprint density at radius 3 is 2.75 bits per heavy atom. The molecular weight excluding hydrogens is 304 g/mol. The molecule has 0 aliphatic rings. The Balaban J connectivity index is 2.37. The molecular formula is C11H9ClN4O3S. The van der Waals surface area contributed by atoms with Gasteiger partial charge in [-0.1, -0.05) is 11.6 Å². The average Bonchev–Trinajstić information content (AvgIpc) is 2.90. The van der Waals surface area contributed by atoms with Gasteiger partial charge in [-0.3, -0.25) is 20.8 Å². The minimum absolute atomic E-state index is 0.00262. The van der Waals surface area contributed by atoms with E-state index < -0.39 is 10.8 Å². The topological polar surface area (TPSA) is 110 Å². The van der Waals surface area contributed by atoms with Crippen LogP contribution in [0.15, 0.2) is 29.0 Å². The number of hydrogen-bond acceptors (Lipinski definition) is 6. The van der Waals surface area contributed by atoms with Crippen LogP contribution in [0.25, 0.3) is 0 Å². The van der Waals surface area contributed by atoms with E-state index >= 15 is 0 Å². The highest BCUT2D eigenvalue weighted by Crippen LogP contribution is 2.33. The zero-order valence-corrected chi connectivity index (χ0v) is 11.5. The molecule has 2 rings (SSSR count). The van der Waals surface area contributed by atoms with E-state index in [0.717, 1.165) is 6.07 Å². The number of hydrazine groups is 1. The maximum atomic E-state index is 12.0. The molecule has 0 aliphatic carbocycles. The number of halogens is 1. The van der Waals surface area contributed by atoms with Crippen molar-refractivity contribution in [2.24, 2.45) is 5.84 Å². The first-order valence-corrected chi connectivity index (χ1v) is 6.63. The quantitative estimate of drug-likeness (QED) is 0.457. The van der Waals surface area contributed by atoms with E-state index in [0.29, 0.717) is 5.69 Å². The van der Waals surface area contributed by atoms with Crippen LogP contribution in [0.3, 0.4) is 0 Å². The third-order valence-electron chi connectivity index (χ3n) is 2.45. The number of nitrogen functional groups attached to an aromatic ring is 1. The second-order valence-electron chi connectivity index (χ2n) is 3.72. The van der Waals surface area contributed by atoms with Crippen LogP contribution in [0, 0.1) is 10.1 Å². The summed E-state index contributed by atoms with van der Waals surface area (Å²) < 4.78 is 0. The number of carbonyl (C=O) groups is 1. The third-order valence-corrected chi connectivity index (χ3v) is 3.43. The van der Waals surface area contributed by atoms with Crippen LogP contribution in [0.2, 0.25) is 5.02 Å². The molecule has 1 amide bonds. The highest BCUT2D eigenvalue weighted by Gasteiger charge is 2.21. The molecule has 0 saturated heterocycles. The van der Waals surface area contributed by atoms with E-state index in [1.165, 1.54) is 17.4 Å². The summed E-state index contributed by atoms with van der Waals surface area (Å²) in [6.07, 6.45) is 0. The molecule has 2 aromatic rings. The van der Waals surface area contributed by atoms with E-state index in [-0.39, 0.29) is 22.0 Å². The molecule has 9 heteroatoms. The fourth-order valence-corrected chi connectivity index (χ4v) is 2.41. The summed E-state index contributed by atoms with van der Waals surface area (Å²) in [4.78, 5) is 22.3. The molecule has 104 valence electrons. The Labute approximate surface area is 122 Å². The standard InChI is InChI=1S/C11H9ClN4O3S/c12-8-3-6(4-9(16(18)19)10(8)15-13)11(17)14-7-1-2-20-5-7/h1-5,15H,13H2,(H,14,17). The number of anilines is 2. The van der Waals surface area contributed by atoms with Crippen LogP contribution in [0.4, 0.5) is 17.1 Å². The zero-order chi connectivity index (χ0) is 14.7. The van der Waals surface area contributed by atoms with E-state index in [1.54, 1.807) is 16.8 Å². The van der Waals surface area contributed by atoms with Crippen molar-refractivity contribution in [3.8, 4) is 0 Å². The molecule has 7 nitrogen and oxygen atoms in total. The Bertz CT molecular complexity index is 660. The summed E-state index contributed by atoms with van der Waals surface area (Å²) in [5.74, 6) is 4.70. The van der Waals surface area contributed by atoms with Gasteiger partial charge in [0.2, 0.25) is 0 Å². The second kappa shape index (κ2) is 5.87. The maximum absolute atomic E-state index is 12.0. The molecule has 1 aromatic heterocycles. The van der Waals surface area contributed by atoms with Gasteiger partial charge < -0.3 is 10.7 Å². The lowest BCUT2D eigenvalue weighted by Gasteiger charge is -2.08. The molecule has 0 atom stereocenters. The van der Waals surface area contributed by atoms with Gasteiger partial charge in [-0.15, -0.1) is 0 Å². The number of nitro groups is 1. The molecule has 0 radical (unpaired) electrons. The second-order valence-corrected chi connectivity index (χ2v) is 4.91. The van der Waals surface area contributed by atoms with Gasteiger partial charge in [0.25, 0.3) is 11.6 Å². The SMILES string of the molecule is NNc1c(Cl)cc(C(=O)Nc2ccsc2)cc1[N+](=O)[O-]. The minimum Gasteiger partial charge on any atom is -0.321 e. The summed E-state index contributed by atoms with van der Waals surface area (Å²) >= 11 is 7.30. The van der Waals surface area contributed by atoms with Crippen molar-refractivity contribution in [1.82, 2.24) is 0 Å². The lowest BCUT2D eigenvalue weighted by molar-refractivity contribution is -0.384. The largest absolute Gasteiger partial charge is 0.321 e. The predicted molar refractivity (Wildman–Crippen MR) is 78.2 cm³/mol. The van der Waals surface area contributed by atoms with Gasteiger partial charge in [0.1, 0.15) is 5.69 Å². The highest BCUT2D eigenvalue weighted by atomic mass is 35.5. The number of hydrogen-bond donors (Lipinski definition) is 3. The molecule has 0 unspecified atom stereocenters. The molecule has 1 aromatic carbocycles. The lowest BCUT2D eigenvalue weighted by atomic mass is 10.1. The Morgan fingerprint density at radius 1 is 1.45 bits per heavy atom. The zero-order valence-electron chi connectivity index (χ0n) is 9.92. The molecule has 0 saturated carbocycles. The molecule has 0 fully saturated rings. The molecule has 4 N–H and O–H groups in total. The van der Waals surface area contributed by atoms with Crippen LogP contribution in [0.5, 0.6) is 0 Å². The van der Waals surface area contributed by atoms with E-state index in [2.05, 4.69) is 10.7 Å². The lowest BCUT2D eigenvalue weighted by Crippen LogP contribution is -2.14. The van der Waals surface area contributed by atoms with Crippen LogP contribution in [-0.4, -0.2) is 10.8 Å². The average molecular weight is 313 g/mol. The van der Waals surface area contributed by atoms with Crippen LogP contribution in [0.1, 0.15) is 10.4 Å². The van der Waals surface area contributed by atoms with Crippen molar-refractivity contribution in [2.45, 2.75) is 0 Å². The number of rotatable bonds is 4. The Morgan fingerprint density at radius 2 is 2.20 bits per heavy atom. The van der Waals surface area contributed by atoms with Crippen molar-refractivity contribution in [3.05, 3.63) is 49.7 Å². The van der Waals surface area contributed by atoms with E-state index in [4.69, 9.17) is 17.4 Å². The summed E-state index contributed by atoms with van der Waals surface area (Å²) in [6, 6.07) is 4.14. The number of nitrogens with zero attached hydrogens (tertiary/aromatic N) is 1. The van der Waals surface area contributed by atoms with Crippen molar-refractivity contribution in [1.29, 1.82) is 0 Å². The van der Waals surface area contributed by atoms with Gasteiger partial charge in [0.05, 0.1) is 15.6 Å². The highest BCUT2D eigenvalue weighted by molar-refractivity contribution is 7.08. The molecule has 0 spiro atoms. The number of carbonyl (C=O) groups excluding carboxylic acids is 1. The molecule has 0 bridgehead atoms. The van der Waals surface area contributed by atoms with E-state index in [1.807, 2.05) is 0 Å². The first kappa shape index (κ1) is 14.3. The van der Waals surface area contributed by atoms with Crippen LogP contribution < -0.4 is 16.6 Å². The van der Waals surface area contributed by atoms with Gasteiger partial charge in [-0.05, 0) is 17.5 Å². The molecule has 0 aliphatic heterocycles. The van der Waals surface area contributed by atoms with Gasteiger partial charge in [-0.2, -0.15) is 11.3 Å². The van der Waals surface area contributed by atoms with Gasteiger partial charge in [0, 0.05) is 17.0 Å². The maximum Gasteiger partial charge on any atom is 0.295 e. The monoisotopic (exact) mass is 312 g/mol.